The number of para-hydroxylation sites is 2. The zero-order valence-electron chi connectivity index (χ0n) is 18.1. The average molecular weight is 444 g/mol. The molecule has 0 radical (unpaired) electrons. The molecule has 0 bridgehead atoms. The lowest BCUT2D eigenvalue weighted by atomic mass is 9.99. The molecule has 8 heteroatoms. The number of aryl methyl sites for hydroxylation is 1. The summed E-state index contributed by atoms with van der Waals surface area (Å²) in [7, 11) is 0. The molecule has 1 amide bonds. The van der Waals surface area contributed by atoms with E-state index >= 15 is 0 Å². The normalized spacial score (nSPS) is 17.2. The van der Waals surface area contributed by atoms with E-state index in [9.17, 15) is 14.7 Å². The molecule has 0 spiro atoms. The summed E-state index contributed by atoms with van der Waals surface area (Å²) < 4.78 is 5.82. The van der Waals surface area contributed by atoms with Crippen molar-refractivity contribution in [3.05, 3.63) is 66.3 Å². The first-order valence-electron chi connectivity index (χ1n) is 11.2. The standard InChI is InChI=1S/C25H24N4O4/c30-22(31)15-20(24-28-19-8-1-2-9-21(19)33-24)29-14-12-17(25(29)32)5-3-7-18-11-10-16-6-4-13-26-23(16)27-18/h1-2,4,6,8-11,13,17,20H,3,5,7,12,14-15H2,(H,30,31). The predicted octanol–water partition coefficient (Wildman–Crippen LogP) is 4.16. The number of carbonyl (C=O) groups is 2. The molecule has 1 fully saturated rings. The lowest BCUT2D eigenvalue weighted by Gasteiger charge is -2.24. The minimum absolute atomic E-state index is 0.0309. The molecule has 0 aliphatic carbocycles. The number of likely N-dealkylation sites (tertiary alicyclic amines) is 1. The van der Waals surface area contributed by atoms with Gasteiger partial charge in [-0.1, -0.05) is 12.1 Å². The third-order valence-electron chi connectivity index (χ3n) is 6.20. The van der Waals surface area contributed by atoms with Gasteiger partial charge in [0.25, 0.3) is 0 Å². The maximum atomic E-state index is 13.2. The fourth-order valence-corrected chi connectivity index (χ4v) is 4.53. The largest absolute Gasteiger partial charge is 0.481 e. The van der Waals surface area contributed by atoms with Crippen molar-refractivity contribution in [2.75, 3.05) is 6.54 Å². The van der Waals surface area contributed by atoms with Crippen LogP contribution in [0.4, 0.5) is 0 Å². The van der Waals surface area contributed by atoms with E-state index in [4.69, 9.17) is 4.42 Å². The summed E-state index contributed by atoms with van der Waals surface area (Å²) in [5, 5.41) is 10.5. The smallest absolute Gasteiger partial charge is 0.305 e. The predicted molar refractivity (Wildman–Crippen MR) is 121 cm³/mol. The molecule has 3 aromatic heterocycles. The number of nitrogens with zero attached hydrogens (tertiary/aromatic N) is 4. The Bertz CT molecular complexity index is 1290. The number of fused-ring (bicyclic) bond motifs is 2. The highest BCUT2D eigenvalue weighted by molar-refractivity contribution is 5.82. The number of carbonyl (C=O) groups excluding carboxylic acids is 1. The van der Waals surface area contributed by atoms with Gasteiger partial charge in [0, 0.05) is 29.7 Å². The maximum absolute atomic E-state index is 13.2. The summed E-state index contributed by atoms with van der Waals surface area (Å²) in [6.07, 6.45) is 4.50. The fraction of sp³-hybridized carbons (Fsp3) is 0.320. The lowest BCUT2D eigenvalue weighted by Crippen LogP contribution is -2.33. The number of rotatable bonds is 8. The Kier molecular flexibility index (Phi) is 5.73. The summed E-state index contributed by atoms with van der Waals surface area (Å²) >= 11 is 0. The number of aliphatic carboxylic acids is 1. The van der Waals surface area contributed by atoms with E-state index < -0.39 is 12.0 Å². The SMILES string of the molecule is O=C(O)CC(c1nc2ccccc2o1)N1CCC(CCCc2ccc3cccnc3n2)C1=O. The fourth-order valence-electron chi connectivity index (χ4n) is 4.53. The molecule has 4 aromatic rings. The van der Waals surface area contributed by atoms with Crippen LogP contribution < -0.4 is 0 Å². The number of pyridine rings is 2. The van der Waals surface area contributed by atoms with Crippen LogP contribution in [0.15, 0.2) is 59.1 Å². The van der Waals surface area contributed by atoms with Crippen LogP contribution in [0, 0.1) is 5.92 Å². The van der Waals surface area contributed by atoms with Crippen LogP contribution in [0.5, 0.6) is 0 Å². The van der Waals surface area contributed by atoms with Crippen LogP contribution in [0.2, 0.25) is 0 Å². The van der Waals surface area contributed by atoms with E-state index in [0.717, 1.165) is 36.0 Å². The average Bonchev–Trinajstić information content (AvgIpc) is 3.41. The molecule has 1 aromatic carbocycles. The summed E-state index contributed by atoms with van der Waals surface area (Å²) in [6, 6.07) is 14.5. The zero-order chi connectivity index (χ0) is 22.8. The molecule has 168 valence electrons. The number of carboxylic acid groups (broad SMARTS) is 1. The minimum Gasteiger partial charge on any atom is -0.481 e. The molecule has 1 aliphatic heterocycles. The van der Waals surface area contributed by atoms with Crippen molar-refractivity contribution in [1.82, 2.24) is 19.9 Å². The molecular weight excluding hydrogens is 420 g/mol. The van der Waals surface area contributed by atoms with E-state index in [-0.39, 0.29) is 24.1 Å². The second-order valence-electron chi connectivity index (χ2n) is 8.40. The van der Waals surface area contributed by atoms with Crippen LogP contribution in [0.1, 0.15) is 43.3 Å². The van der Waals surface area contributed by atoms with E-state index in [1.54, 1.807) is 17.2 Å². The van der Waals surface area contributed by atoms with E-state index in [0.29, 0.717) is 24.1 Å². The molecule has 5 rings (SSSR count). The van der Waals surface area contributed by atoms with Crippen LogP contribution in [0.3, 0.4) is 0 Å². The van der Waals surface area contributed by atoms with Gasteiger partial charge in [0.05, 0.1) is 6.42 Å². The molecule has 1 N–H and O–H groups in total. The van der Waals surface area contributed by atoms with Crippen molar-refractivity contribution in [3.8, 4) is 0 Å². The van der Waals surface area contributed by atoms with Gasteiger partial charge in [-0.25, -0.2) is 15.0 Å². The van der Waals surface area contributed by atoms with Crippen LogP contribution in [-0.4, -0.2) is 43.4 Å². The number of aromatic nitrogens is 3. The van der Waals surface area contributed by atoms with Gasteiger partial charge in [-0.2, -0.15) is 0 Å². The van der Waals surface area contributed by atoms with Gasteiger partial charge in [-0.3, -0.25) is 9.59 Å². The Morgan fingerprint density at radius 1 is 1.15 bits per heavy atom. The Balaban J connectivity index is 1.25. The highest BCUT2D eigenvalue weighted by atomic mass is 16.4. The molecule has 8 nitrogen and oxygen atoms in total. The van der Waals surface area contributed by atoms with Crippen molar-refractivity contribution in [2.24, 2.45) is 5.92 Å². The van der Waals surface area contributed by atoms with Gasteiger partial charge in [-0.05, 0) is 62.1 Å². The quantitative estimate of drug-likeness (QED) is 0.435. The van der Waals surface area contributed by atoms with Gasteiger partial charge in [0.1, 0.15) is 11.6 Å². The minimum atomic E-state index is -0.991. The van der Waals surface area contributed by atoms with Gasteiger partial charge >= 0.3 is 5.97 Å². The van der Waals surface area contributed by atoms with Crippen LogP contribution >= 0.6 is 0 Å². The number of hydrogen-bond acceptors (Lipinski definition) is 6. The van der Waals surface area contributed by atoms with Crippen molar-refractivity contribution in [2.45, 2.75) is 38.1 Å². The van der Waals surface area contributed by atoms with Crippen molar-refractivity contribution < 1.29 is 19.1 Å². The first-order valence-corrected chi connectivity index (χ1v) is 11.2. The highest BCUT2D eigenvalue weighted by Gasteiger charge is 2.39. The van der Waals surface area contributed by atoms with Crippen molar-refractivity contribution in [1.29, 1.82) is 0 Å². The first-order chi connectivity index (χ1) is 16.1. The molecule has 0 saturated carbocycles. The summed E-state index contributed by atoms with van der Waals surface area (Å²) in [5.41, 5.74) is 2.93. The van der Waals surface area contributed by atoms with Gasteiger partial charge in [0.15, 0.2) is 11.2 Å². The second-order valence-corrected chi connectivity index (χ2v) is 8.40. The number of oxazole rings is 1. The monoisotopic (exact) mass is 444 g/mol. The Labute approximate surface area is 190 Å². The molecule has 33 heavy (non-hydrogen) atoms. The molecule has 2 atom stereocenters. The molecule has 2 unspecified atom stereocenters. The second kappa shape index (κ2) is 8.97. The molecular formula is C25H24N4O4. The number of carboxylic acids is 1. The lowest BCUT2D eigenvalue weighted by molar-refractivity contribution is -0.141. The third-order valence-corrected chi connectivity index (χ3v) is 6.20. The van der Waals surface area contributed by atoms with Crippen molar-refractivity contribution in [3.63, 3.8) is 0 Å². The first kappa shape index (κ1) is 21.1. The third kappa shape index (κ3) is 4.41. The maximum Gasteiger partial charge on any atom is 0.305 e. The number of hydrogen-bond donors (Lipinski definition) is 1. The Morgan fingerprint density at radius 2 is 2.03 bits per heavy atom. The van der Waals surface area contributed by atoms with E-state index in [2.05, 4.69) is 15.0 Å². The Morgan fingerprint density at radius 3 is 2.88 bits per heavy atom. The van der Waals surface area contributed by atoms with E-state index in [1.807, 2.05) is 42.5 Å². The number of benzene rings is 1. The highest BCUT2D eigenvalue weighted by Crippen LogP contribution is 2.34. The van der Waals surface area contributed by atoms with E-state index in [1.165, 1.54) is 0 Å². The van der Waals surface area contributed by atoms with Gasteiger partial charge < -0.3 is 14.4 Å². The van der Waals surface area contributed by atoms with Crippen LogP contribution in [0.25, 0.3) is 22.1 Å². The summed E-state index contributed by atoms with van der Waals surface area (Å²) in [5.74, 6) is -0.879. The van der Waals surface area contributed by atoms with Crippen molar-refractivity contribution >= 4 is 34.0 Å². The van der Waals surface area contributed by atoms with Crippen LogP contribution in [-0.2, 0) is 16.0 Å². The zero-order valence-corrected chi connectivity index (χ0v) is 18.1. The summed E-state index contributed by atoms with van der Waals surface area (Å²) in [6.45, 7) is 0.498. The molecule has 1 saturated heterocycles. The molecule has 1 aliphatic rings. The molecule has 4 heterocycles. The number of amides is 1. The van der Waals surface area contributed by atoms with Gasteiger partial charge in [0.2, 0.25) is 11.8 Å². The summed E-state index contributed by atoms with van der Waals surface area (Å²) in [4.78, 5) is 39.7. The Hall–Kier alpha value is -3.81. The van der Waals surface area contributed by atoms with Gasteiger partial charge in [-0.15, -0.1) is 0 Å². The topological polar surface area (TPSA) is 109 Å².